The Morgan fingerprint density at radius 2 is 2.12 bits per heavy atom. The molecule has 1 rings (SSSR count). The van der Waals surface area contributed by atoms with Crippen molar-refractivity contribution in [2.45, 2.75) is 19.4 Å². The van der Waals surface area contributed by atoms with E-state index in [-0.39, 0.29) is 24.2 Å². The summed E-state index contributed by atoms with van der Waals surface area (Å²) in [5.41, 5.74) is 0.764. The molecule has 0 saturated carbocycles. The predicted molar refractivity (Wildman–Crippen MR) is 57.8 cm³/mol. The topological polar surface area (TPSA) is 64.3 Å². The van der Waals surface area contributed by atoms with Gasteiger partial charge in [-0.1, -0.05) is 12.1 Å². The molecular formula is C11H15FN2O2. The number of amides is 1. The predicted octanol–water partition coefficient (Wildman–Crippen LogP) is 0.763. The molecule has 0 aliphatic carbocycles. The van der Waals surface area contributed by atoms with Gasteiger partial charge in [0.15, 0.2) is 0 Å². The lowest BCUT2D eigenvalue weighted by Gasteiger charge is -2.09. The zero-order valence-corrected chi connectivity index (χ0v) is 9.07. The highest BCUT2D eigenvalue weighted by Crippen LogP contribution is 2.03. The lowest BCUT2D eigenvalue weighted by atomic mass is 10.1. The van der Waals surface area contributed by atoms with Gasteiger partial charge < -0.3 is 5.32 Å². The number of benzene rings is 1. The molecule has 5 heteroatoms. The van der Waals surface area contributed by atoms with Gasteiger partial charge in [-0.2, -0.15) is 0 Å². The second kappa shape index (κ2) is 6.19. The number of hydrogen-bond donors (Lipinski definition) is 2. The monoisotopic (exact) mass is 226 g/mol. The molecule has 16 heavy (non-hydrogen) atoms. The van der Waals surface area contributed by atoms with Crippen LogP contribution in [0.15, 0.2) is 24.3 Å². The Morgan fingerprint density at radius 3 is 2.69 bits per heavy atom. The third-order valence-electron chi connectivity index (χ3n) is 2.10. The Hall–Kier alpha value is -1.46. The number of nitrogens with two attached hydrogens (primary N) is 1. The third-order valence-corrected chi connectivity index (χ3v) is 2.10. The van der Waals surface area contributed by atoms with Crippen molar-refractivity contribution in [3.63, 3.8) is 0 Å². The van der Waals surface area contributed by atoms with Crippen molar-refractivity contribution in [1.82, 2.24) is 5.32 Å². The molecule has 1 aromatic rings. The number of carbonyl (C=O) groups is 1. The lowest BCUT2D eigenvalue weighted by molar-refractivity contribution is -0.121. The molecule has 0 aromatic heterocycles. The molecule has 0 heterocycles. The van der Waals surface area contributed by atoms with E-state index in [1.54, 1.807) is 19.1 Å². The Kier molecular flexibility index (Phi) is 4.88. The fourth-order valence-corrected chi connectivity index (χ4v) is 1.16. The SMILES string of the molecule is CC(CNC(=O)Cc1ccc(F)cc1)ON. The first-order valence-electron chi connectivity index (χ1n) is 4.98. The first-order valence-corrected chi connectivity index (χ1v) is 4.98. The van der Waals surface area contributed by atoms with Gasteiger partial charge in [0, 0.05) is 6.54 Å². The van der Waals surface area contributed by atoms with E-state index < -0.39 is 0 Å². The van der Waals surface area contributed by atoms with Crippen LogP contribution in [0.1, 0.15) is 12.5 Å². The summed E-state index contributed by atoms with van der Waals surface area (Å²) in [4.78, 5) is 15.9. The summed E-state index contributed by atoms with van der Waals surface area (Å²) in [7, 11) is 0. The largest absolute Gasteiger partial charge is 0.353 e. The Labute approximate surface area is 93.5 Å². The van der Waals surface area contributed by atoms with Crippen molar-refractivity contribution in [2.75, 3.05) is 6.54 Å². The molecule has 4 nitrogen and oxygen atoms in total. The molecule has 0 saturated heterocycles. The summed E-state index contributed by atoms with van der Waals surface area (Å²) < 4.78 is 12.6. The molecule has 0 aliphatic rings. The summed E-state index contributed by atoms with van der Waals surface area (Å²) in [5.74, 6) is 4.48. The minimum Gasteiger partial charge on any atom is -0.353 e. The van der Waals surface area contributed by atoms with Gasteiger partial charge in [-0.15, -0.1) is 0 Å². The second-order valence-electron chi connectivity index (χ2n) is 3.55. The molecule has 0 radical (unpaired) electrons. The maximum atomic E-state index is 12.6. The van der Waals surface area contributed by atoms with E-state index in [1.165, 1.54) is 12.1 Å². The minimum absolute atomic E-state index is 0.143. The Bertz CT molecular complexity index is 340. The third kappa shape index (κ3) is 4.37. The second-order valence-corrected chi connectivity index (χ2v) is 3.55. The molecule has 1 aromatic carbocycles. The number of hydrogen-bond acceptors (Lipinski definition) is 3. The van der Waals surface area contributed by atoms with Crippen LogP contribution in [0.3, 0.4) is 0 Å². The van der Waals surface area contributed by atoms with E-state index in [2.05, 4.69) is 10.2 Å². The van der Waals surface area contributed by atoms with Crippen LogP contribution in [0.4, 0.5) is 4.39 Å². The van der Waals surface area contributed by atoms with Crippen LogP contribution in [0.5, 0.6) is 0 Å². The van der Waals surface area contributed by atoms with Crippen molar-refractivity contribution in [2.24, 2.45) is 5.90 Å². The first kappa shape index (κ1) is 12.6. The molecule has 1 atom stereocenters. The number of rotatable bonds is 5. The van der Waals surface area contributed by atoms with E-state index in [4.69, 9.17) is 5.90 Å². The fraction of sp³-hybridized carbons (Fsp3) is 0.364. The molecule has 3 N–H and O–H groups in total. The molecule has 1 unspecified atom stereocenters. The van der Waals surface area contributed by atoms with Gasteiger partial charge in [0.05, 0.1) is 12.5 Å². The highest BCUT2D eigenvalue weighted by Gasteiger charge is 2.05. The van der Waals surface area contributed by atoms with Crippen LogP contribution in [0.2, 0.25) is 0 Å². The van der Waals surface area contributed by atoms with Crippen LogP contribution >= 0.6 is 0 Å². The molecule has 0 bridgehead atoms. The van der Waals surface area contributed by atoms with Crippen molar-refractivity contribution in [3.05, 3.63) is 35.6 Å². The van der Waals surface area contributed by atoms with Crippen LogP contribution < -0.4 is 11.2 Å². The van der Waals surface area contributed by atoms with Gasteiger partial charge in [0.1, 0.15) is 5.82 Å². The van der Waals surface area contributed by atoms with Gasteiger partial charge in [0.25, 0.3) is 0 Å². The average molecular weight is 226 g/mol. The van der Waals surface area contributed by atoms with E-state index in [1.807, 2.05) is 0 Å². The minimum atomic E-state index is -0.311. The normalized spacial score (nSPS) is 12.2. The van der Waals surface area contributed by atoms with Crippen LogP contribution in [-0.2, 0) is 16.1 Å². The lowest BCUT2D eigenvalue weighted by Crippen LogP contribution is -2.34. The molecule has 88 valence electrons. The summed E-state index contributed by atoms with van der Waals surface area (Å²) in [6.45, 7) is 2.11. The standard InChI is InChI=1S/C11H15FN2O2/c1-8(16-13)7-14-11(15)6-9-2-4-10(12)5-3-9/h2-5,8H,6-7,13H2,1H3,(H,14,15). The van der Waals surface area contributed by atoms with Crippen LogP contribution in [0.25, 0.3) is 0 Å². The van der Waals surface area contributed by atoms with E-state index in [0.717, 1.165) is 5.56 Å². The van der Waals surface area contributed by atoms with Crippen molar-refractivity contribution in [3.8, 4) is 0 Å². The van der Waals surface area contributed by atoms with Crippen molar-refractivity contribution >= 4 is 5.91 Å². The van der Waals surface area contributed by atoms with Gasteiger partial charge in [0.2, 0.25) is 5.91 Å². The zero-order valence-electron chi connectivity index (χ0n) is 9.07. The van der Waals surface area contributed by atoms with Crippen LogP contribution in [0, 0.1) is 5.82 Å². The summed E-state index contributed by atoms with van der Waals surface area (Å²) in [6, 6.07) is 5.82. The zero-order chi connectivity index (χ0) is 12.0. The average Bonchev–Trinajstić information content (AvgIpc) is 2.29. The summed E-state index contributed by atoms with van der Waals surface area (Å²) in [6.07, 6.45) is -0.00503. The number of nitrogens with one attached hydrogen (secondary N) is 1. The van der Waals surface area contributed by atoms with Gasteiger partial charge in [-0.25, -0.2) is 10.3 Å². The quantitative estimate of drug-likeness (QED) is 0.729. The van der Waals surface area contributed by atoms with Gasteiger partial charge >= 0.3 is 0 Å². The Balaban J connectivity index is 2.37. The van der Waals surface area contributed by atoms with Crippen molar-refractivity contribution in [1.29, 1.82) is 0 Å². The molecule has 0 fully saturated rings. The molecular weight excluding hydrogens is 211 g/mol. The number of carbonyl (C=O) groups excluding carboxylic acids is 1. The van der Waals surface area contributed by atoms with Gasteiger partial charge in [-0.05, 0) is 24.6 Å². The van der Waals surface area contributed by atoms with E-state index in [0.29, 0.717) is 6.54 Å². The van der Waals surface area contributed by atoms with E-state index in [9.17, 15) is 9.18 Å². The molecule has 1 amide bonds. The number of halogens is 1. The Morgan fingerprint density at radius 1 is 1.50 bits per heavy atom. The maximum Gasteiger partial charge on any atom is 0.224 e. The maximum absolute atomic E-state index is 12.6. The fourth-order valence-electron chi connectivity index (χ4n) is 1.16. The van der Waals surface area contributed by atoms with Gasteiger partial charge in [-0.3, -0.25) is 9.63 Å². The highest BCUT2D eigenvalue weighted by molar-refractivity contribution is 5.78. The first-order chi connectivity index (χ1) is 7.61. The smallest absolute Gasteiger partial charge is 0.224 e. The highest BCUT2D eigenvalue weighted by atomic mass is 19.1. The summed E-state index contributed by atoms with van der Waals surface area (Å²) >= 11 is 0. The van der Waals surface area contributed by atoms with Crippen LogP contribution in [-0.4, -0.2) is 18.6 Å². The van der Waals surface area contributed by atoms with E-state index >= 15 is 0 Å². The molecule has 0 spiro atoms. The van der Waals surface area contributed by atoms with Crippen molar-refractivity contribution < 1.29 is 14.0 Å². The molecule has 0 aliphatic heterocycles. The summed E-state index contributed by atoms with van der Waals surface area (Å²) in [5, 5.41) is 2.66.